The van der Waals surface area contributed by atoms with Crippen LogP contribution in [0.5, 0.6) is 17.2 Å². The summed E-state index contributed by atoms with van der Waals surface area (Å²) < 4.78 is 16.4. The Kier molecular flexibility index (Phi) is 7.66. The number of hydrogen-bond donors (Lipinski definition) is 1. The van der Waals surface area contributed by atoms with E-state index in [9.17, 15) is 14.7 Å². The van der Waals surface area contributed by atoms with Crippen LogP contribution in [0.2, 0.25) is 10.0 Å². The molecule has 0 saturated carbocycles. The average molecular weight is 542 g/mol. The van der Waals surface area contributed by atoms with Gasteiger partial charge >= 0.3 is 0 Å². The summed E-state index contributed by atoms with van der Waals surface area (Å²) in [7, 11) is 2.75. The van der Waals surface area contributed by atoms with Crippen LogP contribution in [0.1, 0.15) is 31.0 Å². The zero-order chi connectivity index (χ0) is 26.9. The molecular weight excluding hydrogens is 517 g/mol. The number of aliphatic hydroxyl groups is 1. The number of ketones is 1. The first-order valence-corrected chi connectivity index (χ1v) is 12.2. The fourth-order valence-electron chi connectivity index (χ4n) is 4.30. The molecule has 0 radical (unpaired) electrons. The van der Waals surface area contributed by atoms with Crippen LogP contribution < -0.4 is 19.1 Å². The van der Waals surface area contributed by atoms with E-state index in [0.717, 1.165) is 0 Å². The van der Waals surface area contributed by atoms with Crippen molar-refractivity contribution in [2.45, 2.75) is 26.0 Å². The molecule has 1 saturated heterocycles. The molecule has 0 aromatic heterocycles. The van der Waals surface area contributed by atoms with Gasteiger partial charge in [0.2, 0.25) is 0 Å². The molecule has 3 aromatic carbocycles. The van der Waals surface area contributed by atoms with Crippen LogP contribution in [0.4, 0.5) is 5.69 Å². The van der Waals surface area contributed by atoms with Crippen LogP contribution in [0.15, 0.2) is 66.2 Å². The number of benzene rings is 3. The van der Waals surface area contributed by atoms with Gasteiger partial charge in [-0.1, -0.05) is 53.5 Å². The van der Waals surface area contributed by atoms with E-state index in [0.29, 0.717) is 17.0 Å². The summed E-state index contributed by atoms with van der Waals surface area (Å²) in [4.78, 5) is 28.2. The second kappa shape index (κ2) is 10.7. The minimum atomic E-state index is -0.928. The molecule has 1 aliphatic heterocycles. The van der Waals surface area contributed by atoms with Gasteiger partial charge < -0.3 is 19.3 Å². The summed E-state index contributed by atoms with van der Waals surface area (Å²) in [5.74, 6) is -1.30. The van der Waals surface area contributed by atoms with Crippen molar-refractivity contribution in [3.63, 3.8) is 0 Å². The summed E-state index contributed by atoms with van der Waals surface area (Å²) in [6, 6.07) is 16.2. The fraction of sp³-hybridized carbons (Fsp3) is 0.214. The Morgan fingerprint density at radius 1 is 0.946 bits per heavy atom. The van der Waals surface area contributed by atoms with Crippen LogP contribution in [-0.2, 0) is 9.59 Å². The lowest BCUT2D eigenvalue weighted by Gasteiger charge is -2.26. The molecule has 1 fully saturated rings. The Morgan fingerprint density at radius 3 is 2.14 bits per heavy atom. The molecule has 0 bridgehead atoms. The predicted octanol–water partition coefficient (Wildman–Crippen LogP) is 6.42. The Labute approximate surface area is 224 Å². The molecule has 9 heteroatoms. The maximum Gasteiger partial charge on any atom is 0.300 e. The minimum Gasteiger partial charge on any atom is -0.507 e. The van der Waals surface area contributed by atoms with E-state index < -0.39 is 23.5 Å². The van der Waals surface area contributed by atoms with E-state index in [-0.39, 0.29) is 38.8 Å². The maximum atomic E-state index is 13.4. The van der Waals surface area contributed by atoms with E-state index in [4.69, 9.17) is 37.4 Å². The van der Waals surface area contributed by atoms with Gasteiger partial charge in [0, 0.05) is 5.69 Å². The van der Waals surface area contributed by atoms with Gasteiger partial charge in [0.25, 0.3) is 11.7 Å². The van der Waals surface area contributed by atoms with Crippen molar-refractivity contribution in [2.75, 3.05) is 19.1 Å². The highest BCUT2D eigenvalue weighted by atomic mass is 35.5. The van der Waals surface area contributed by atoms with Crippen LogP contribution in [0, 0.1) is 0 Å². The van der Waals surface area contributed by atoms with E-state index in [2.05, 4.69) is 0 Å². The highest BCUT2D eigenvalue weighted by Gasteiger charge is 2.47. The van der Waals surface area contributed by atoms with Crippen molar-refractivity contribution < 1.29 is 28.9 Å². The van der Waals surface area contributed by atoms with Crippen LogP contribution >= 0.6 is 23.2 Å². The quantitative estimate of drug-likeness (QED) is 0.211. The highest BCUT2D eigenvalue weighted by Crippen LogP contribution is 2.48. The van der Waals surface area contributed by atoms with Crippen LogP contribution in [0.25, 0.3) is 5.76 Å². The van der Waals surface area contributed by atoms with Gasteiger partial charge in [-0.15, -0.1) is 0 Å². The number of rotatable bonds is 7. The topological polar surface area (TPSA) is 85.3 Å². The molecule has 4 rings (SSSR count). The second-order valence-electron chi connectivity index (χ2n) is 8.53. The largest absolute Gasteiger partial charge is 0.507 e. The van der Waals surface area contributed by atoms with Gasteiger partial charge in [-0.2, -0.15) is 0 Å². The lowest BCUT2D eigenvalue weighted by Crippen LogP contribution is -2.29. The Balaban J connectivity index is 1.93. The number of amides is 1. The van der Waals surface area contributed by atoms with Crippen molar-refractivity contribution >= 4 is 46.3 Å². The molecule has 1 aliphatic rings. The van der Waals surface area contributed by atoms with E-state index in [1.165, 1.54) is 25.2 Å². The number of hydrogen-bond acceptors (Lipinski definition) is 6. The standard InChI is InChI=1S/C28H25Cl2NO6/c1-15(2)37-18-12-10-17(11-13-18)31-23(16-8-6-5-7-9-16)21(25(33)28(31)34)24(32)19-14-20(29)27(36-4)22(30)26(19)35-3/h5-15,23,32H,1-4H3/b24-21+. The van der Waals surface area contributed by atoms with E-state index in [1.54, 1.807) is 48.5 Å². The van der Waals surface area contributed by atoms with Gasteiger partial charge in [0.15, 0.2) is 11.5 Å². The zero-order valence-corrected chi connectivity index (χ0v) is 22.1. The number of methoxy groups -OCH3 is 2. The molecule has 37 heavy (non-hydrogen) atoms. The molecule has 1 amide bonds. The lowest BCUT2D eigenvalue weighted by molar-refractivity contribution is -0.132. The third kappa shape index (κ3) is 4.84. The molecule has 192 valence electrons. The number of halogens is 2. The highest BCUT2D eigenvalue weighted by molar-refractivity contribution is 6.52. The van der Waals surface area contributed by atoms with Crippen LogP contribution in [-0.4, -0.2) is 37.1 Å². The molecular formula is C28H25Cl2NO6. The molecule has 7 nitrogen and oxygen atoms in total. The predicted molar refractivity (Wildman–Crippen MR) is 143 cm³/mol. The van der Waals surface area contributed by atoms with Gasteiger partial charge in [-0.3, -0.25) is 14.5 Å². The summed E-state index contributed by atoms with van der Waals surface area (Å²) in [5.41, 5.74) is 1.01. The molecule has 0 aliphatic carbocycles. The number of Topliss-reactive ketones (excluding diaryl/α,β-unsaturated/α-hetero) is 1. The molecule has 0 spiro atoms. The second-order valence-corrected chi connectivity index (χ2v) is 9.31. The normalized spacial score (nSPS) is 16.8. The Hall–Kier alpha value is -3.68. The summed E-state index contributed by atoms with van der Waals surface area (Å²) in [5, 5.41) is 11.6. The van der Waals surface area contributed by atoms with Gasteiger partial charge in [0.1, 0.15) is 16.5 Å². The summed E-state index contributed by atoms with van der Waals surface area (Å²) >= 11 is 12.8. The first-order chi connectivity index (χ1) is 17.7. The van der Waals surface area contributed by atoms with Crippen molar-refractivity contribution in [3.05, 3.63) is 87.4 Å². The SMILES string of the molecule is COc1c(Cl)cc(/C(O)=C2\C(=O)C(=O)N(c3ccc(OC(C)C)cc3)C2c2ccccc2)c(OC)c1Cl. The third-order valence-electron chi connectivity index (χ3n) is 5.84. The molecule has 1 unspecified atom stereocenters. The molecule has 1 atom stereocenters. The van der Waals surface area contributed by atoms with E-state index in [1.807, 2.05) is 19.9 Å². The van der Waals surface area contributed by atoms with Crippen LogP contribution in [0.3, 0.4) is 0 Å². The Morgan fingerprint density at radius 2 is 1.57 bits per heavy atom. The number of nitrogens with zero attached hydrogens (tertiary/aromatic N) is 1. The monoisotopic (exact) mass is 541 g/mol. The maximum absolute atomic E-state index is 13.4. The van der Waals surface area contributed by atoms with Crippen molar-refractivity contribution in [1.82, 2.24) is 0 Å². The smallest absolute Gasteiger partial charge is 0.300 e. The molecule has 3 aromatic rings. The third-order valence-corrected chi connectivity index (χ3v) is 6.47. The molecule has 1 N–H and O–H groups in total. The number of ether oxygens (including phenoxy) is 3. The zero-order valence-electron chi connectivity index (χ0n) is 20.6. The Bertz CT molecular complexity index is 1370. The van der Waals surface area contributed by atoms with E-state index >= 15 is 0 Å². The first-order valence-electron chi connectivity index (χ1n) is 11.4. The number of aliphatic hydroxyl groups excluding tert-OH is 1. The summed E-state index contributed by atoms with van der Waals surface area (Å²) in [6.07, 6.45) is -0.0254. The average Bonchev–Trinajstić information content (AvgIpc) is 3.14. The van der Waals surface area contributed by atoms with Gasteiger partial charge in [0.05, 0.1) is 42.5 Å². The molecule has 1 heterocycles. The number of carbonyl (C=O) groups is 2. The van der Waals surface area contributed by atoms with Gasteiger partial charge in [-0.25, -0.2) is 0 Å². The first kappa shape index (κ1) is 26.4. The van der Waals surface area contributed by atoms with Crippen molar-refractivity contribution in [2.24, 2.45) is 0 Å². The van der Waals surface area contributed by atoms with Crippen molar-refractivity contribution in [1.29, 1.82) is 0 Å². The lowest BCUT2D eigenvalue weighted by atomic mass is 9.94. The fourth-order valence-corrected chi connectivity index (χ4v) is 4.99. The van der Waals surface area contributed by atoms with Crippen molar-refractivity contribution in [3.8, 4) is 17.2 Å². The summed E-state index contributed by atoms with van der Waals surface area (Å²) in [6.45, 7) is 3.82. The number of carbonyl (C=O) groups excluding carboxylic acids is 2. The van der Waals surface area contributed by atoms with Gasteiger partial charge in [-0.05, 0) is 49.7 Å². The minimum absolute atomic E-state index is 0.0188. The number of anilines is 1.